The molecule has 4 rings (SSSR count). The number of aromatic nitrogens is 2. The molecule has 1 saturated heterocycles. The van der Waals surface area contributed by atoms with Gasteiger partial charge in [-0.3, -0.25) is 4.90 Å². The van der Waals surface area contributed by atoms with Crippen LogP contribution in [0.5, 0.6) is 17.2 Å². The summed E-state index contributed by atoms with van der Waals surface area (Å²) in [4.78, 5) is 4.80. The summed E-state index contributed by atoms with van der Waals surface area (Å²) < 4.78 is 38.2. The topological polar surface area (TPSA) is 65.1 Å². The van der Waals surface area contributed by atoms with E-state index in [1.165, 1.54) is 12.1 Å². The molecule has 0 N–H and O–H groups in total. The Morgan fingerprint density at radius 1 is 0.914 bits per heavy atom. The summed E-state index contributed by atoms with van der Waals surface area (Å²) >= 11 is 5.46. The molecule has 0 saturated carbocycles. The van der Waals surface area contributed by atoms with Crippen LogP contribution in [0.25, 0.3) is 11.5 Å². The van der Waals surface area contributed by atoms with Crippen molar-refractivity contribution in [2.24, 2.45) is 0 Å². The summed E-state index contributed by atoms with van der Waals surface area (Å²) in [7, 11) is 0. The van der Waals surface area contributed by atoms with Crippen LogP contribution in [-0.4, -0.2) is 60.7 Å². The second kappa shape index (κ2) is 11.5. The van der Waals surface area contributed by atoms with Crippen LogP contribution in [-0.2, 0) is 6.67 Å². The Labute approximate surface area is 209 Å². The maximum Gasteiger partial charge on any atom is 0.288 e. The Kier molecular flexibility index (Phi) is 8.25. The first-order valence-corrected chi connectivity index (χ1v) is 12.3. The van der Waals surface area contributed by atoms with Crippen molar-refractivity contribution in [1.29, 1.82) is 0 Å². The number of anilines is 1. The van der Waals surface area contributed by atoms with Gasteiger partial charge in [-0.1, -0.05) is 0 Å². The summed E-state index contributed by atoms with van der Waals surface area (Å²) in [5.74, 6) is 1.88. The van der Waals surface area contributed by atoms with Crippen molar-refractivity contribution in [3.05, 3.63) is 47.1 Å². The standard InChI is InChI=1S/C25H31FN4O4S/c1-4-31-21-15-18(16-22(32-5-2)23(21)33-6-3)24-27-30(25(35)34-24)17-28-11-13-29(14-12-28)20-9-7-19(26)8-10-20/h7-10,15-16H,4-6,11-14,17H2,1-3H3. The normalized spacial score (nSPS) is 14.2. The van der Waals surface area contributed by atoms with Gasteiger partial charge >= 0.3 is 0 Å². The highest BCUT2D eigenvalue weighted by Gasteiger charge is 2.21. The number of benzene rings is 2. The minimum atomic E-state index is -0.224. The highest BCUT2D eigenvalue weighted by atomic mass is 32.1. The zero-order valence-electron chi connectivity index (χ0n) is 20.3. The second-order valence-electron chi connectivity index (χ2n) is 8.00. The van der Waals surface area contributed by atoms with Crippen LogP contribution in [0.4, 0.5) is 10.1 Å². The van der Waals surface area contributed by atoms with Gasteiger partial charge in [0, 0.05) is 37.4 Å². The maximum atomic E-state index is 13.2. The van der Waals surface area contributed by atoms with Gasteiger partial charge in [-0.05, 0) is 69.4 Å². The van der Waals surface area contributed by atoms with Crippen molar-refractivity contribution in [2.75, 3.05) is 50.9 Å². The summed E-state index contributed by atoms with van der Waals surface area (Å²) in [6.07, 6.45) is 0. The van der Waals surface area contributed by atoms with Crippen LogP contribution in [0.2, 0.25) is 0 Å². The van der Waals surface area contributed by atoms with Gasteiger partial charge < -0.3 is 23.5 Å². The minimum Gasteiger partial charge on any atom is -0.490 e. The highest BCUT2D eigenvalue weighted by Crippen LogP contribution is 2.41. The molecular formula is C25H31FN4O4S. The van der Waals surface area contributed by atoms with Gasteiger partial charge in [0.2, 0.25) is 11.6 Å². The van der Waals surface area contributed by atoms with Crippen LogP contribution >= 0.6 is 12.2 Å². The molecule has 0 unspecified atom stereocenters. The van der Waals surface area contributed by atoms with E-state index in [2.05, 4.69) is 14.9 Å². The van der Waals surface area contributed by atoms with E-state index >= 15 is 0 Å². The van der Waals surface area contributed by atoms with E-state index in [-0.39, 0.29) is 5.82 Å². The van der Waals surface area contributed by atoms with Gasteiger partial charge in [0.1, 0.15) is 5.82 Å². The first kappa shape index (κ1) is 25.0. The number of halogens is 1. The number of rotatable bonds is 10. The van der Waals surface area contributed by atoms with E-state index in [0.29, 0.717) is 60.0 Å². The quantitative estimate of drug-likeness (QED) is 0.360. The lowest BCUT2D eigenvalue weighted by molar-refractivity contribution is 0.192. The van der Waals surface area contributed by atoms with E-state index in [9.17, 15) is 4.39 Å². The van der Waals surface area contributed by atoms with E-state index in [1.807, 2.05) is 45.0 Å². The van der Waals surface area contributed by atoms with E-state index in [0.717, 1.165) is 31.9 Å². The zero-order chi connectivity index (χ0) is 24.8. The molecule has 1 aliphatic rings. The van der Waals surface area contributed by atoms with Crippen molar-refractivity contribution in [2.45, 2.75) is 27.4 Å². The average molecular weight is 503 g/mol. The Bertz CT molecular complexity index is 1150. The monoisotopic (exact) mass is 502 g/mol. The predicted octanol–water partition coefficient (Wildman–Crippen LogP) is 4.99. The molecule has 35 heavy (non-hydrogen) atoms. The number of hydrogen-bond acceptors (Lipinski definition) is 8. The van der Waals surface area contributed by atoms with Crippen molar-refractivity contribution < 1.29 is 23.0 Å². The maximum absolute atomic E-state index is 13.2. The smallest absolute Gasteiger partial charge is 0.288 e. The highest BCUT2D eigenvalue weighted by molar-refractivity contribution is 7.71. The van der Waals surface area contributed by atoms with Crippen LogP contribution in [0.1, 0.15) is 20.8 Å². The van der Waals surface area contributed by atoms with Crippen LogP contribution < -0.4 is 19.1 Å². The number of nitrogens with zero attached hydrogens (tertiary/aromatic N) is 4. The van der Waals surface area contributed by atoms with E-state index in [4.69, 9.17) is 30.8 Å². The van der Waals surface area contributed by atoms with Gasteiger partial charge in [-0.15, -0.1) is 5.10 Å². The Morgan fingerprint density at radius 2 is 1.51 bits per heavy atom. The molecular weight excluding hydrogens is 471 g/mol. The largest absolute Gasteiger partial charge is 0.490 e. The first-order chi connectivity index (χ1) is 17.0. The average Bonchev–Trinajstić information content (AvgIpc) is 3.22. The Morgan fingerprint density at radius 3 is 2.09 bits per heavy atom. The second-order valence-corrected chi connectivity index (χ2v) is 8.35. The van der Waals surface area contributed by atoms with Crippen LogP contribution in [0, 0.1) is 10.7 Å². The SMILES string of the molecule is CCOc1cc(-c2nn(CN3CCN(c4ccc(F)cc4)CC3)c(=S)o2)cc(OCC)c1OCC. The molecule has 1 aromatic heterocycles. The molecule has 188 valence electrons. The van der Waals surface area contributed by atoms with Crippen LogP contribution in [0.3, 0.4) is 0 Å². The lowest BCUT2D eigenvalue weighted by Crippen LogP contribution is -2.46. The minimum absolute atomic E-state index is 0.224. The first-order valence-electron chi connectivity index (χ1n) is 11.9. The Balaban J connectivity index is 1.49. The van der Waals surface area contributed by atoms with E-state index in [1.54, 1.807) is 4.68 Å². The molecule has 0 aliphatic carbocycles. The third-order valence-corrected chi connectivity index (χ3v) is 5.95. The summed E-state index contributed by atoms with van der Waals surface area (Å²) in [6.45, 7) is 11.0. The van der Waals surface area contributed by atoms with E-state index < -0.39 is 0 Å². The molecule has 0 amide bonds. The molecule has 10 heteroatoms. The van der Waals surface area contributed by atoms with Crippen LogP contribution in [0.15, 0.2) is 40.8 Å². The molecule has 0 spiro atoms. The molecule has 8 nitrogen and oxygen atoms in total. The summed E-state index contributed by atoms with van der Waals surface area (Å²) in [6, 6.07) is 10.3. The summed E-state index contributed by atoms with van der Waals surface area (Å²) in [5.41, 5.74) is 1.73. The van der Waals surface area contributed by atoms with Gasteiger partial charge in [0.15, 0.2) is 11.5 Å². The van der Waals surface area contributed by atoms with Gasteiger partial charge in [-0.2, -0.15) is 0 Å². The lowest BCUT2D eigenvalue weighted by Gasteiger charge is -2.35. The van der Waals surface area contributed by atoms with Gasteiger partial charge in [-0.25, -0.2) is 9.07 Å². The molecule has 2 aromatic carbocycles. The van der Waals surface area contributed by atoms with Gasteiger partial charge in [0.25, 0.3) is 4.84 Å². The third kappa shape index (κ3) is 5.94. The van der Waals surface area contributed by atoms with Crippen molar-refractivity contribution in [3.8, 4) is 28.7 Å². The van der Waals surface area contributed by atoms with Gasteiger partial charge in [0.05, 0.1) is 26.5 Å². The molecule has 0 bridgehead atoms. The third-order valence-electron chi connectivity index (χ3n) is 5.66. The fraction of sp³-hybridized carbons (Fsp3) is 0.440. The predicted molar refractivity (Wildman–Crippen MR) is 134 cm³/mol. The molecule has 3 aromatic rings. The molecule has 0 atom stereocenters. The summed E-state index contributed by atoms with van der Waals surface area (Å²) in [5, 5.41) is 4.64. The number of ether oxygens (including phenoxy) is 3. The molecule has 1 aliphatic heterocycles. The van der Waals surface area contributed by atoms with Crippen molar-refractivity contribution in [1.82, 2.24) is 14.7 Å². The molecule has 0 radical (unpaired) electrons. The fourth-order valence-corrected chi connectivity index (χ4v) is 4.19. The van der Waals surface area contributed by atoms with Crippen molar-refractivity contribution in [3.63, 3.8) is 0 Å². The molecule has 2 heterocycles. The number of hydrogen-bond donors (Lipinski definition) is 0. The molecule has 1 fully saturated rings. The lowest BCUT2D eigenvalue weighted by atomic mass is 10.2. The zero-order valence-corrected chi connectivity index (χ0v) is 21.1. The fourth-order valence-electron chi connectivity index (χ4n) is 4.01. The van der Waals surface area contributed by atoms with Crippen molar-refractivity contribution >= 4 is 17.9 Å². The Hall–Kier alpha value is -3.11. The number of piperazine rings is 1.